The molecule has 2 aliphatic heterocycles. The maximum atomic E-state index is 13.0. The quantitative estimate of drug-likeness (QED) is 0.706. The molecular weight excluding hydrogens is 388 g/mol. The van der Waals surface area contributed by atoms with Gasteiger partial charge in [0.25, 0.3) is 5.91 Å². The number of carbonyl (C=O) groups is 3. The molecule has 5 nitrogen and oxygen atoms in total. The maximum absolute atomic E-state index is 13.0. The largest absolute Gasteiger partial charge is 0.342 e. The summed E-state index contributed by atoms with van der Waals surface area (Å²) in [5.41, 5.74) is 2.49. The highest BCUT2D eigenvalue weighted by Gasteiger charge is 2.33. The summed E-state index contributed by atoms with van der Waals surface area (Å²) in [5.74, 6) is 0.413. The molecule has 5 heteroatoms. The number of hydrogen-bond acceptors (Lipinski definition) is 3. The minimum Gasteiger partial charge on any atom is -0.342 e. The van der Waals surface area contributed by atoms with E-state index in [2.05, 4.69) is 0 Å². The average Bonchev–Trinajstić information content (AvgIpc) is 2.84. The molecule has 4 rings (SSSR count). The van der Waals surface area contributed by atoms with Gasteiger partial charge in [0.15, 0.2) is 5.78 Å². The normalized spacial score (nSPS) is 18.1. The molecule has 0 radical (unpaired) electrons. The molecule has 2 saturated heterocycles. The highest BCUT2D eigenvalue weighted by atomic mass is 16.2. The summed E-state index contributed by atoms with van der Waals surface area (Å²) in [6.45, 7) is 4.48. The Morgan fingerprint density at radius 1 is 0.710 bits per heavy atom. The third kappa shape index (κ3) is 4.71. The summed E-state index contributed by atoms with van der Waals surface area (Å²) < 4.78 is 0. The van der Waals surface area contributed by atoms with E-state index in [1.54, 1.807) is 0 Å². The molecule has 2 amide bonds. The van der Waals surface area contributed by atoms with E-state index in [1.807, 2.05) is 71.3 Å². The lowest BCUT2D eigenvalue weighted by Gasteiger charge is -2.37. The number of nitrogens with zero attached hydrogens (tertiary/aromatic N) is 2. The van der Waals surface area contributed by atoms with Crippen LogP contribution in [-0.2, 0) is 4.79 Å². The summed E-state index contributed by atoms with van der Waals surface area (Å²) >= 11 is 0. The zero-order valence-corrected chi connectivity index (χ0v) is 18.1. The number of ketones is 1. The van der Waals surface area contributed by atoms with Gasteiger partial charge in [0.05, 0.1) is 0 Å². The van der Waals surface area contributed by atoms with Gasteiger partial charge in [-0.05, 0) is 44.2 Å². The van der Waals surface area contributed by atoms with Crippen molar-refractivity contribution in [1.82, 2.24) is 9.80 Å². The van der Waals surface area contributed by atoms with Crippen molar-refractivity contribution in [3.8, 4) is 0 Å². The van der Waals surface area contributed by atoms with Gasteiger partial charge in [0, 0.05) is 49.1 Å². The summed E-state index contributed by atoms with van der Waals surface area (Å²) in [5, 5.41) is 0. The molecule has 0 spiro atoms. The van der Waals surface area contributed by atoms with Crippen LogP contribution in [0.3, 0.4) is 0 Å². The predicted molar refractivity (Wildman–Crippen MR) is 120 cm³/mol. The van der Waals surface area contributed by atoms with Crippen molar-refractivity contribution in [3.63, 3.8) is 0 Å². The second-order valence-electron chi connectivity index (χ2n) is 8.71. The first kappa shape index (κ1) is 21.3. The second kappa shape index (κ2) is 9.46. The van der Waals surface area contributed by atoms with Crippen molar-refractivity contribution in [2.24, 2.45) is 11.8 Å². The zero-order chi connectivity index (χ0) is 21.8. The number of likely N-dealkylation sites (tertiary alicyclic amines) is 2. The van der Waals surface area contributed by atoms with Crippen molar-refractivity contribution in [1.29, 1.82) is 0 Å². The molecule has 2 fully saturated rings. The molecular formula is C26H30N2O3. The van der Waals surface area contributed by atoms with E-state index < -0.39 is 0 Å². The summed E-state index contributed by atoms with van der Waals surface area (Å²) in [4.78, 5) is 42.3. The number of hydrogen-bond donors (Lipinski definition) is 0. The Balaban J connectivity index is 1.27. The number of piperidine rings is 2. The Labute approximate surface area is 184 Å². The first-order valence-corrected chi connectivity index (χ1v) is 11.3. The van der Waals surface area contributed by atoms with Crippen LogP contribution in [-0.4, -0.2) is 53.6 Å². The van der Waals surface area contributed by atoms with Crippen molar-refractivity contribution < 1.29 is 14.4 Å². The number of rotatable bonds is 4. The van der Waals surface area contributed by atoms with Crippen LogP contribution in [0.2, 0.25) is 0 Å². The SMILES string of the molecule is Cc1ccccc1C(=O)N1CCC(C(=O)N2CCC(C(=O)c3ccccc3)CC2)CC1. The fraction of sp³-hybridized carbons (Fsp3) is 0.423. The summed E-state index contributed by atoms with van der Waals surface area (Å²) in [6.07, 6.45) is 2.87. The third-order valence-electron chi connectivity index (χ3n) is 6.74. The number of Topliss-reactive ketones (excluding diaryl/α,β-unsaturated/α-hetero) is 1. The number of carbonyl (C=O) groups excluding carboxylic acids is 3. The van der Waals surface area contributed by atoms with Crippen LogP contribution in [0.15, 0.2) is 54.6 Å². The Morgan fingerprint density at radius 3 is 1.90 bits per heavy atom. The lowest BCUT2D eigenvalue weighted by molar-refractivity contribution is -0.138. The first-order chi connectivity index (χ1) is 15.0. The van der Waals surface area contributed by atoms with Gasteiger partial charge < -0.3 is 9.80 Å². The molecule has 2 aromatic carbocycles. The summed E-state index contributed by atoms with van der Waals surface area (Å²) in [7, 11) is 0. The van der Waals surface area contributed by atoms with E-state index in [1.165, 1.54) is 0 Å². The topological polar surface area (TPSA) is 57.7 Å². The van der Waals surface area contributed by atoms with Gasteiger partial charge in [-0.1, -0.05) is 48.5 Å². The minimum atomic E-state index is -0.0257. The van der Waals surface area contributed by atoms with Gasteiger partial charge in [0.1, 0.15) is 0 Å². The fourth-order valence-electron chi connectivity index (χ4n) is 4.77. The van der Waals surface area contributed by atoms with Gasteiger partial charge >= 0.3 is 0 Å². The van der Waals surface area contributed by atoms with Crippen LogP contribution in [0, 0.1) is 18.8 Å². The van der Waals surface area contributed by atoms with Gasteiger partial charge in [-0.3, -0.25) is 14.4 Å². The molecule has 0 N–H and O–H groups in total. The minimum absolute atomic E-state index is 0.0000286. The van der Waals surface area contributed by atoms with Gasteiger partial charge in [-0.25, -0.2) is 0 Å². The molecule has 2 aliphatic rings. The lowest BCUT2D eigenvalue weighted by Crippen LogP contribution is -2.47. The van der Waals surface area contributed by atoms with Gasteiger partial charge in [-0.15, -0.1) is 0 Å². The average molecular weight is 419 g/mol. The van der Waals surface area contributed by atoms with Crippen LogP contribution in [0.25, 0.3) is 0 Å². The van der Waals surface area contributed by atoms with Crippen LogP contribution >= 0.6 is 0 Å². The van der Waals surface area contributed by atoms with Gasteiger partial charge in [0.2, 0.25) is 5.91 Å². The molecule has 0 aliphatic carbocycles. The maximum Gasteiger partial charge on any atom is 0.254 e. The predicted octanol–water partition coefficient (Wildman–Crippen LogP) is 3.97. The molecule has 0 unspecified atom stereocenters. The van der Waals surface area contributed by atoms with Crippen molar-refractivity contribution >= 4 is 17.6 Å². The smallest absolute Gasteiger partial charge is 0.254 e. The molecule has 0 bridgehead atoms. The first-order valence-electron chi connectivity index (χ1n) is 11.3. The summed E-state index contributed by atoms with van der Waals surface area (Å²) in [6, 6.07) is 17.1. The third-order valence-corrected chi connectivity index (χ3v) is 6.74. The Bertz CT molecular complexity index is 940. The Hall–Kier alpha value is -2.95. The second-order valence-corrected chi connectivity index (χ2v) is 8.71. The molecule has 2 heterocycles. The lowest BCUT2D eigenvalue weighted by atomic mass is 9.87. The van der Waals surface area contributed by atoms with E-state index >= 15 is 0 Å². The van der Waals surface area contributed by atoms with Crippen LogP contribution in [0.4, 0.5) is 0 Å². The fourth-order valence-corrected chi connectivity index (χ4v) is 4.77. The van der Waals surface area contributed by atoms with Crippen LogP contribution in [0.5, 0.6) is 0 Å². The molecule has 0 atom stereocenters. The highest BCUT2D eigenvalue weighted by molar-refractivity contribution is 5.98. The highest BCUT2D eigenvalue weighted by Crippen LogP contribution is 2.26. The standard InChI is InChI=1S/C26H30N2O3/c1-19-7-5-6-10-23(19)26(31)28-17-13-22(14-18-28)25(30)27-15-11-21(12-16-27)24(29)20-8-3-2-4-9-20/h2-10,21-22H,11-18H2,1H3. The van der Waals surface area contributed by atoms with E-state index in [4.69, 9.17) is 0 Å². The van der Waals surface area contributed by atoms with E-state index in [9.17, 15) is 14.4 Å². The molecule has 162 valence electrons. The van der Waals surface area contributed by atoms with Crippen molar-refractivity contribution in [3.05, 3.63) is 71.3 Å². The van der Waals surface area contributed by atoms with Crippen molar-refractivity contribution in [2.45, 2.75) is 32.6 Å². The van der Waals surface area contributed by atoms with Crippen LogP contribution in [0.1, 0.15) is 52.0 Å². The van der Waals surface area contributed by atoms with E-state index in [-0.39, 0.29) is 29.4 Å². The number of aryl methyl sites for hydroxylation is 1. The van der Waals surface area contributed by atoms with E-state index in [0.29, 0.717) is 39.0 Å². The molecule has 0 aromatic heterocycles. The molecule has 31 heavy (non-hydrogen) atoms. The van der Waals surface area contributed by atoms with Crippen molar-refractivity contribution in [2.75, 3.05) is 26.2 Å². The monoisotopic (exact) mass is 418 g/mol. The number of benzene rings is 2. The van der Waals surface area contributed by atoms with Crippen LogP contribution < -0.4 is 0 Å². The van der Waals surface area contributed by atoms with E-state index in [0.717, 1.165) is 29.5 Å². The zero-order valence-electron chi connectivity index (χ0n) is 18.1. The Morgan fingerprint density at radius 2 is 1.26 bits per heavy atom. The molecule has 2 aromatic rings. The Kier molecular flexibility index (Phi) is 6.50. The molecule has 0 saturated carbocycles. The van der Waals surface area contributed by atoms with Gasteiger partial charge in [-0.2, -0.15) is 0 Å². The number of amides is 2.